The van der Waals surface area contributed by atoms with E-state index in [1.165, 1.54) is 49.8 Å². The van der Waals surface area contributed by atoms with Crippen LogP contribution in [0.2, 0.25) is 0 Å². The minimum Gasteiger partial charge on any atom is -0.378 e. The van der Waals surface area contributed by atoms with Crippen molar-refractivity contribution in [1.82, 2.24) is 0 Å². The van der Waals surface area contributed by atoms with Crippen molar-refractivity contribution in [3.63, 3.8) is 0 Å². The van der Waals surface area contributed by atoms with Crippen LogP contribution >= 0.6 is 0 Å². The average molecular weight is 246 g/mol. The lowest BCUT2D eigenvalue weighted by Gasteiger charge is -2.28. The number of nitrogens with two attached hydrogens (primary N) is 1. The molecule has 100 valence electrons. The molecule has 0 saturated heterocycles. The zero-order valence-corrected chi connectivity index (χ0v) is 11.7. The van der Waals surface area contributed by atoms with Gasteiger partial charge in [-0.05, 0) is 49.3 Å². The molecule has 2 atom stereocenters. The molecule has 1 saturated carbocycles. The topological polar surface area (TPSA) is 29.3 Å². The summed E-state index contributed by atoms with van der Waals surface area (Å²) in [4.78, 5) is 2.14. The van der Waals surface area contributed by atoms with Crippen molar-refractivity contribution in [1.29, 1.82) is 0 Å². The van der Waals surface area contributed by atoms with E-state index in [4.69, 9.17) is 5.73 Å². The van der Waals surface area contributed by atoms with Crippen molar-refractivity contribution in [2.24, 2.45) is 11.7 Å². The molecular weight excluding hydrogens is 220 g/mol. The summed E-state index contributed by atoms with van der Waals surface area (Å²) in [5.74, 6) is 0.743. The van der Waals surface area contributed by atoms with Crippen LogP contribution in [0.5, 0.6) is 0 Å². The number of anilines is 1. The molecule has 2 heteroatoms. The lowest BCUT2D eigenvalue weighted by Crippen LogP contribution is -2.33. The summed E-state index contributed by atoms with van der Waals surface area (Å²) >= 11 is 0. The highest BCUT2D eigenvalue weighted by molar-refractivity contribution is 5.45. The second-order valence-corrected chi connectivity index (χ2v) is 5.81. The van der Waals surface area contributed by atoms with Gasteiger partial charge in [-0.2, -0.15) is 0 Å². The SMILES string of the molecule is CN(C)c1ccc(CCC2CCCCC2N)cc1. The Morgan fingerprint density at radius 2 is 1.78 bits per heavy atom. The first-order valence-corrected chi connectivity index (χ1v) is 7.18. The van der Waals surface area contributed by atoms with Crippen molar-refractivity contribution in [3.8, 4) is 0 Å². The van der Waals surface area contributed by atoms with Gasteiger partial charge in [0.25, 0.3) is 0 Å². The van der Waals surface area contributed by atoms with Crippen molar-refractivity contribution in [2.75, 3.05) is 19.0 Å². The Bertz CT molecular complexity index is 356. The number of hydrogen-bond acceptors (Lipinski definition) is 2. The summed E-state index contributed by atoms with van der Waals surface area (Å²) in [5, 5.41) is 0. The lowest BCUT2D eigenvalue weighted by atomic mass is 9.81. The summed E-state index contributed by atoms with van der Waals surface area (Å²) in [7, 11) is 4.16. The smallest absolute Gasteiger partial charge is 0.0361 e. The number of aryl methyl sites for hydroxylation is 1. The van der Waals surface area contributed by atoms with Gasteiger partial charge in [0.1, 0.15) is 0 Å². The molecule has 0 spiro atoms. The van der Waals surface area contributed by atoms with Crippen molar-refractivity contribution >= 4 is 5.69 Å². The van der Waals surface area contributed by atoms with Gasteiger partial charge >= 0.3 is 0 Å². The molecule has 1 aliphatic rings. The van der Waals surface area contributed by atoms with Gasteiger partial charge in [-0.25, -0.2) is 0 Å². The Hall–Kier alpha value is -1.02. The minimum absolute atomic E-state index is 0.444. The Labute approximate surface area is 111 Å². The molecule has 18 heavy (non-hydrogen) atoms. The van der Waals surface area contributed by atoms with Gasteiger partial charge in [-0.15, -0.1) is 0 Å². The Balaban J connectivity index is 1.85. The predicted octanol–water partition coefficient (Wildman–Crippen LogP) is 3.20. The first kappa shape index (κ1) is 13.4. The van der Waals surface area contributed by atoms with Crippen molar-refractivity contribution in [2.45, 2.75) is 44.6 Å². The fraction of sp³-hybridized carbons (Fsp3) is 0.625. The van der Waals surface area contributed by atoms with Crippen LogP contribution in [0.25, 0.3) is 0 Å². The van der Waals surface area contributed by atoms with E-state index in [2.05, 4.69) is 43.3 Å². The lowest BCUT2D eigenvalue weighted by molar-refractivity contribution is 0.292. The molecule has 1 aliphatic carbocycles. The standard InChI is InChI=1S/C16H26N2/c1-18(2)15-11-8-13(9-12-15)7-10-14-5-3-4-6-16(14)17/h8-9,11-12,14,16H,3-7,10,17H2,1-2H3. The van der Waals surface area contributed by atoms with E-state index >= 15 is 0 Å². The third kappa shape index (κ3) is 3.49. The van der Waals surface area contributed by atoms with E-state index in [-0.39, 0.29) is 0 Å². The molecule has 0 heterocycles. The molecule has 1 fully saturated rings. The third-order valence-corrected chi connectivity index (χ3v) is 4.22. The van der Waals surface area contributed by atoms with Gasteiger partial charge in [0.2, 0.25) is 0 Å². The maximum atomic E-state index is 6.20. The highest BCUT2D eigenvalue weighted by atomic mass is 15.1. The number of nitrogens with zero attached hydrogens (tertiary/aromatic N) is 1. The monoisotopic (exact) mass is 246 g/mol. The summed E-state index contributed by atoms with van der Waals surface area (Å²) in [6, 6.07) is 9.36. The Morgan fingerprint density at radius 3 is 2.39 bits per heavy atom. The van der Waals surface area contributed by atoms with E-state index in [1.54, 1.807) is 0 Å². The van der Waals surface area contributed by atoms with Crippen LogP contribution < -0.4 is 10.6 Å². The van der Waals surface area contributed by atoms with Crippen LogP contribution in [0.15, 0.2) is 24.3 Å². The van der Waals surface area contributed by atoms with Crippen molar-refractivity contribution in [3.05, 3.63) is 29.8 Å². The van der Waals surface area contributed by atoms with E-state index in [0.29, 0.717) is 6.04 Å². The normalized spacial score (nSPS) is 23.9. The Kier molecular flexibility index (Phi) is 4.65. The van der Waals surface area contributed by atoms with Crippen LogP contribution in [0.1, 0.15) is 37.7 Å². The molecule has 2 rings (SSSR count). The van der Waals surface area contributed by atoms with Gasteiger partial charge in [0.05, 0.1) is 0 Å². The molecule has 1 aromatic carbocycles. The van der Waals surface area contributed by atoms with E-state index in [0.717, 1.165) is 5.92 Å². The van der Waals surface area contributed by atoms with Gasteiger partial charge in [0, 0.05) is 25.8 Å². The fourth-order valence-electron chi connectivity index (χ4n) is 2.91. The average Bonchev–Trinajstić information content (AvgIpc) is 2.38. The zero-order valence-electron chi connectivity index (χ0n) is 11.7. The second kappa shape index (κ2) is 6.24. The molecule has 0 aromatic heterocycles. The van der Waals surface area contributed by atoms with E-state index in [1.807, 2.05) is 0 Å². The molecule has 0 radical (unpaired) electrons. The van der Waals surface area contributed by atoms with Crippen LogP contribution in [-0.2, 0) is 6.42 Å². The Morgan fingerprint density at radius 1 is 1.11 bits per heavy atom. The maximum Gasteiger partial charge on any atom is 0.0361 e. The molecule has 2 unspecified atom stereocenters. The predicted molar refractivity (Wildman–Crippen MR) is 79.0 cm³/mol. The van der Waals surface area contributed by atoms with Gasteiger partial charge < -0.3 is 10.6 Å². The first-order valence-electron chi connectivity index (χ1n) is 7.18. The fourth-order valence-corrected chi connectivity index (χ4v) is 2.91. The largest absolute Gasteiger partial charge is 0.378 e. The molecule has 0 aliphatic heterocycles. The van der Waals surface area contributed by atoms with E-state index in [9.17, 15) is 0 Å². The third-order valence-electron chi connectivity index (χ3n) is 4.22. The maximum absolute atomic E-state index is 6.20. The van der Waals surface area contributed by atoms with Crippen LogP contribution in [-0.4, -0.2) is 20.1 Å². The minimum atomic E-state index is 0.444. The molecule has 2 N–H and O–H groups in total. The first-order chi connectivity index (χ1) is 8.66. The van der Waals surface area contributed by atoms with Crippen molar-refractivity contribution < 1.29 is 0 Å². The summed E-state index contributed by atoms with van der Waals surface area (Å²) in [6.07, 6.45) is 7.68. The number of hydrogen-bond donors (Lipinski definition) is 1. The van der Waals surface area contributed by atoms with Crippen LogP contribution in [0.3, 0.4) is 0 Å². The highest BCUT2D eigenvalue weighted by Gasteiger charge is 2.21. The molecule has 0 bridgehead atoms. The molecule has 2 nitrogen and oxygen atoms in total. The summed E-state index contributed by atoms with van der Waals surface area (Å²) in [6.45, 7) is 0. The second-order valence-electron chi connectivity index (χ2n) is 5.81. The molecule has 1 aromatic rings. The zero-order chi connectivity index (χ0) is 13.0. The van der Waals surface area contributed by atoms with Gasteiger partial charge in [0.15, 0.2) is 0 Å². The van der Waals surface area contributed by atoms with Crippen LogP contribution in [0, 0.1) is 5.92 Å². The molecule has 0 amide bonds. The number of benzene rings is 1. The molecular formula is C16H26N2. The quantitative estimate of drug-likeness (QED) is 0.884. The van der Waals surface area contributed by atoms with Crippen LogP contribution in [0.4, 0.5) is 5.69 Å². The van der Waals surface area contributed by atoms with E-state index < -0.39 is 0 Å². The van der Waals surface area contributed by atoms with Gasteiger partial charge in [-0.3, -0.25) is 0 Å². The number of rotatable bonds is 4. The van der Waals surface area contributed by atoms with Gasteiger partial charge in [-0.1, -0.05) is 25.0 Å². The summed E-state index contributed by atoms with van der Waals surface area (Å²) < 4.78 is 0. The highest BCUT2D eigenvalue weighted by Crippen LogP contribution is 2.27. The summed E-state index contributed by atoms with van der Waals surface area (Å²) in [5.41, 5.74) is 8.91.